The number of carbonyl (C=O) groups excluding carboxylic acids is 1. The molecule has 3 rings (SSSR count). The standard InChI is InChI=1S/C21H26N2O2/c24-20-15-22(13-7-12-18-8-3-1-4-9-18)17-21(25)23(16-20)14-19-10-5-2-6-11-19/h1-6,8-11,20,24H,7,12-17H2/t20-/m0/s1. The molecule has 1 N–H and O–H groups in total. The van der Waals surface area contributed by atoms with Crippen molar-refractivity contribution in [1.29, 1.82) is 0 Å². The topological polar surface area (TPSA) is 43.8 Å². The molecule has 1 heterocycles. The van der Waals surface area contributed by atoms with Gasteiger partial charge in [-0.15, -0.1) is 0 Å². The van der Waals surface area contributed by atoms with E-state index in [-0.39, 0.29) is 5.91 Å². The summed E-state index contributed by atoms with van der Waals surface area (Å²) in [4.78, 5) is 16.4. The fourth-order valence-corrected chi connectivity index (χ4v) is 3.35. The van der Waals surface area contributed by atoms with Crippen molar-refractivity contribution in [3.05, 3.63) is 71.8 Å². The molecule has 1 aliphatic heterocycles. The van der Waals surface area contributed by atoms with Crippen LogP contribution in [0.25, 0.3) is 0 Å². The Bertz CT molecular complexity index is 660. The van der Waals surface area contributed by atoms with Gasteiger partial charge in [0.15, 0.2) is 0 Å². The van der Waals surface area contributed by atoms with Gasteiger partial charge in [0.2, 0.25) is 5.91 Å². The highest BCUT2D eigenvalue weighted by atomic mass is 16.3. The van der Waals surface area contributed by atoms with Gasteiger partial charge < -0.3 is 10.0 Å². The summed E-state index contributed by atoms with van der Waals surface area (Å²) >= 11 is 0. The molecule has 0 aromatic heterocycles. The second-order valence-electron chi connectivity index (χ2n) is 6.74. The quantitative estimate of drug-likeness (QED) is 0.879. The fraction of sp³-hybridized carbons (Fsp3) is 0.381. The Morgan fingerprint density at radius 2 is 1.56 bits per heavy atom. The maximum Gasteiger partial charge on any atom is 0.237 e. The van der Waals surface area contributed by atoms with Gasteiger partial charge in [-0.1, -0.05) is 60.7 Å². The summed E-state index contributed by atoms with van der Waals surface area (Å²) in [6.07, 6.45) is 1.49. The number of hydrogen-bond acceptors (Lipinski definition) is 3. The second kappa shape index (κ2) is 8.79. The van der Waals surface area contributed by atoms with E-state index >= 15 is 0 Å². The highest BCUT2D eigenvalue weighted by Crippen LogP contribution is 2.12. The smallest absolute Gasteiger partial charge is 0.237 e. The van der Waals surface area contributed by atoms with Crippen molar-refractivity contribution in [1.82, 2.24) is 9.80 Å². The Morgan fingerprint density at radius 1 is 0.920 bits per heavy atom. The number of carbonyl (C=O) groups is 1. The molecule has 132 valence electrons. The van der Waals surface area contributed by atoms with Crippen LogP contribution in [-0.4, -0.2) is 53.1 Å². The van der Waals surface area contributed by atoms with E-state index in [4.69, 9.17) is 0 Å². The van der Waals surface area contributed by atoms with Gasteiger partial charge in [-0.05, 0) is 30.5 Å². The first-order valence-electron chi connectivity index (χ1n) is 8.97. The van der Waals surface area contributed by atoms with Gasteiger partial charge in [0.05, 0.1) is 12.6 Å². The lowest BCUT2D eigenvalue weighted by Gasteiger charge is -2.22. The zero-order chi connectivity index (χ0) is 17.5. The molecule has 0 unspecified atom stereocenters. The summed E-state index contributed by atoms with van der Waals surface area (Å²) in [5.41, 5.74) is 2.41. The first-order chi connectivity index (χ1) is 12.2. The van der Waals surface area contributed by atoms with Crippen molar-refractivity contribution in [2.75, 3.05) is 26.2 Å². The van der Waals surface area contributed by atoms with E-state index < -0.39 is 6.10 Å². The van der Waals surface area contributed by atoms with Crippen LogP contribution in [0.15, 0.2) is 60.7 Å². The molecular weight excluding hydrogens is 312 g/mol. The van der Waals surface area contributed by atoms with Gasteiger partial charge in [-0.25, -0.2) is 0 Å². The van der Waals surface area contributed by atoms with E-state index in [0.717, 1.165) is 24.9 Å². The molecule has 0 saturated carbocycles. The molecule has 4 nitrogen and oxygen atoms in total. The number of amides is 1. The highest BCUT2D eigenvalue weighted by Gasteiger charge is 2.26. The van der Waals surface area contributed by atoms with Gasteiger partial charge in [0.1, 0.15) is 0 Å². The maximum atomic E-state index is 12.6. The number of hydrogen-bond donors (Lipinski definition) is 1. The third-order valence-electron chi connectivity index (χ3n) is 4.61. The van der Waals surface area contributed by atoms with Crippen LogP contribution in [0, 0.1) is 0 Å². The average molecular weight is 338 g/mol. The van der Waals surface area contributed by atoms with Gasteiger partial charge in [0.25, 0.3) is 0 Å². The van der Waals surface area contributed by atoms with Gasteiger partial charge in [-0.3, -0.25) is 9.69 Å². The van der Waals surface area contributed by atoms with Crippen molar-refractivity contribution < 1.29 is 9.90 Å². The second-order valence-corrected chi connectivity index (χ2v) is 6.74. The minimum atomic E-state index is -0.494. The van der Waals surface area contributed by atoms with Crippen LogP contribution in [-0.2, 0) is 17.8 Å². The van der Waals surface area contributed by atoms with Crippen LogP contribution in [0.3, 0.4) is 0 Å². The third kappa shape index (κ3) is 5.41. The SMILES string of the molecule is O=C1CN(CCCc2ccccc2)C[C@H](O)CN1Cc1ccccc1. The number of rotatable bonds is 6. The Labute approximate surface area is 149 Å². The largest absolute Gasteiger partial charge is 0.390 e. The molecule has 1 aliphatic rings. The summed E-state index contributed by atoms with van der Waals surface area (Å²) in [5, 5.41) is 10.3. The number of nitrogens with zero attached hydrogens (tertiary/aromatic N) is 2. The molecule has 1 atom stereocenters. The molecule has 1 saturated heterocycles. The van der Waals surface area contributed by atoms with E-state index in [2.05, 4.69) is 29.2 Å². The van der Waals surface area contributed by atoms with Crippen LogP contribution in [0.4, 0.5) is 0 Å². The molecule has 0 bridgehead atoms. The summed E-state index contributed by atoms with van der Waals surface area (Å²) in [5.74, 6) is 0.0973. The third-order valence-corrected chi connectivity index (χ3v) is 4.61. The lowest BCUT2D eigenvalue weighted by molar-refractivity contribution is -0.132. The zero-order valence-electron chi connectivity index (χ0n) is 14.6. The molecule has 4 heteroatoms. The van der Waals surface area contributed by atoms with Crippen molar-refractivity contribution >= 4 is 5.91 Å². The Kier molecular flexibility index (Phi) is 6.20. The Hall–Kier alpha value is -2.17. The van der Waals surface area contributed by atoms with E-state index in [9.17, 15) is 9.90 Å². The van der Waals surface area contributed by atoms with Gasteiger partial charge >= 0.3 is 0 Å². The fourth-order valence-electron chi connectivity index (χ4n) is 3.35. The minimum absolute atomic E-state index is 0.0973. The molecule has 0 radical (unpaired) electrons. The van der Waals surface area contributed by atoms with Gasteiger partial charge in [-0.2, -0.15) is 0 Å². The lowest BCUT2D eigenvalue weighted by atomic mass is 10.1. The van der Waals surface area contributed by atoms with E-state index in [1.165, 1.54) is 5.56 Å². The molecule has 0 aliphatic carbocycles. The number of aliphatic hydroxyl groups excluding tert-OH is 1. The summed E-state index contributed by atoms with van der Waals surface area (Å²) in [7, 11) is 0. The van der Waals surface area contributed by atoms with Crippen molar-refractivity contribution in [2.24, 2.45) is 0 Å². The van der Waals surface area contributed by atoms with Crippen LogP contribution >= 0.6 is 0 Å². The Balaban J connectivity index is 1.53. The maximum absolute atomic E-state index is 12.6. The summed E-state index contributed by atoms with van der Waals surface area (Å²) in [6, 6.07) is 20.3. The van der Waals surface area contributed by atoms with Crippen molar-refractivity contribution in [3.63, 3.8) is 0 Å². The number of β-amino-alcohol motifs (C(OH)–C–C–N with tert-alkyl or cyclic N) is 1. The van der Waals surface area contributed by atoms with Gasteiger partial charge in [0, 0.05) is 19.6 Å². The zero-order valence-corrected chi connectivity index (χ0v) is 14.6. The average Bonchev–Trinajstić information content (AvgIpc) is 2.75. The number of aryl methyl sites for hydroxylation is 1. The van der Waals surface area contributed by atoms with Crippen molar-refractivity contribution in [2.45, 2.75) is 25.5 Å². The normalized spacial score (nSPS) is 19.0. The minimum Gasteiger partial charge on any atom is -0.390 e. The van der Waals surface area contributed by atoms with Crippen LogP contribution in [0.5, 0.6) is 0 Å². The van der Waals surface area contributed by atoms with Crippen LogP contribution in [0.1, 0.15) is 17.5 Å². The molecular formula is C21H26N2O2. The van der Waals surface area contributed by atoms with Crippen molar-refractivity contribution in [3.8, 4) is 0 Å². The number of aliphatic hydroxyl groups is 1. The van der Waals surface area contributed by atoms with E-state index in [1.807, 2.05) is 36.4 Å². The molecule has 2 aromatic carbocycles. The summed E-state index contributed by atoms with van der Waals surface area (Å²) < 4.78 is 0. The van der Waals surface area contributed by atoms with Crippen LogP contribution in [0.2, 0.25) is 0 Å². The number of benzene rings is 2. The molecule has 1 fully saturated rings. The highest BCUT2D eigenvalue weighted by molar-refractivity contribution is 5.78. The Morgan fingerprint density at radius 3 is 2.24 bits per heavy atom. The molecule has 2 aromatic rings. The van der Waals surface area contributed by atoms with E-state index in [1.54, 1.807) is 4.90 Å². The lowest BCUT2D eigenvalue weighted by Crippen LogP contribution is -2.36. The molecule has 25 heavy (non-hydrogen) atoms. The predicted octanol–water partition coefficient (Wildman–Crippen LogP) is 2.32. The molecule has 0 spiro atoms. The monoisotopic (exact) mass is 338 g/mol. The van der Waals surface area contributed by atoms with E-state index in [0.29, 0.717) is 26.2 Å². The first kappa shape index (κ1) is 17.6. The van der Waals surface area contributed by atoms with Crippen LogP contribution < -0.4 is 0 Å². The first-order valence-corrected chi connectivity index (χ1v) is 8.97. The predicted molar refractivity (Wildman–Crippen MR) is 99.1 cm³/mol. The molecule has 1 amide bonds. The summed E-state index contributed by atoms with van der Waals surface area (Å²) in [6.45, 7) is 2.75.